The molecule has 0 bridgehead atoms. The predicted molar refractivity (Wildman–Crippen MR) is 73.3 cm³/mol. The summed E-state index contributed by atoms with van der Waals surface area (Å²) in [5, 5.41) is 12.3. The lowest BCUT2D eigenvalue weighted by atomic mass is 10.0. The summed E-state index contributed by atoms with van der Waals surface area (Å²) >= 11 is 2.19. The summed E-state index contributed by atoms with van der Waals surface area (Å²) in [4.78, 5) is 11.6. The van der Waals surface area contributed by atoms with Gasteiger partial charge in [0.25, 0.3) is 0 Å². The summed E-state index contributed by atoms with van der Waals surface area (Å²) in [7, 11) is 0. The Morgan fingerprint density at radius 2 is 2.19 bits per heavy atom. The van der Waals surface area contributed by atoms with Gasteiger partial charge in [0.15, 0.2) is 0 Å². The van der Waals surface area contributed by atoms with Gasteiger partial charge < -0.3 is 10.4 Å². The maximum absolute atomic E-state index is 11.6. The van der Waals surface area contributed by atoms with Crippen molar-refractivity contribution in [1.29, 1.82) is 0 Å². The summed E-state index contributed by atoms with van der Waals surface area (Å²) in [6, 6.07) is 7.57. The molecule has 2 N–H and O–H groups in total. The van der Waals surface area contributed by atoms with E-state index < -0.39 is 6.10 Å². The molecule has 0 saturated heterocycles. The van der Waals surface area contributed by atoms with Gasteiger partial charge in [-0.3, -0.25) is 4.79 Å². The molecule has 0 aliphatic carbocycles. The summed E-state index contributed by atoms with van der Waals surface area (Å²) in [6.07, 6.45) is -0.439. The van der Waals surface area contributed by atoms with Crippen LogP contribution >= 0.6 is 22.6 Å². The van der Waals surface area contributed by atoms with Crippen molar-refractivity contribution in [3.05, 3.63) is 27.8 Å². The second kappa shape index (κ2) is 6.20. The fourth-order valence-corrected chi connectivity index (χ4v) is 1.75. The monoisotopic (exact) mass is 333 g/mol. The van der Waals surface area contributed by atoms with Crippen LogP contribution in [0.5, 0.6) is 0 Å². The molecule has 1 atom stereocenters. The molecule has 0 radical (unpaired) electrons. The summed E-state index contributed by atoms with van der Waals surface area (Å²) in [5.41, 5.74) is 0.771. The van der Waals surface area contributed by atoms with Crippen molar-refractivity contribution >= 4 is 34.2 Å². The Kier molecular flexibility index (Phi) is 5.21. The third-order valence-corrected chi connectivity index (χ3v) is 2.94. The predicted octanol–water partition coefficient (Wildman–Crippen LogP) is 2.64. The van der Waals surface area contributed by atoms with Gasteiger partial charge in [-0.15, -0.1) is 0 Å². The molecule has 88 valence electrons. The number of nitrogens with one attached hydrogen (secondary N) is 1. The fourth-order valence-electron chi connectivity index (χ4n) is 1.20. The molecule has 3 nitrogen and oxygen atoms in total. The van der Waals surface area contributed by atoms with E-state index in [1.807, 2.05) is 38.1 Å². The van der Waals surface area contributed by atoms with Crippen molar-refractivity contribution in [2.24, 2.45) is 5.92 Å². The van der Waals surface area contributed by atoms with E-state index in [-0.39, 0.29) is 18.2 Å². The first-order valence-corrected chi connectivity index (χ1v) is 6.30. The van der Waals surface area contributed by atoms with E-state index in [4.69, 9.17) is 0 Å². The smallest absolute Gasteiger partial charge is 0.226 e. The number of amides is 1. The average Bonchev–Trinajstić information content (AvgIpc) is 2.16. The van der Waals surface area contributed by atoms with Crippen LogP contribution in [-0.2, 0) is 4.79 Å². The van der Waals surface area contributed by atoms with Crippen molar-refractivity contribution < 1.29 is 9.90 Å². The maximum atomic E-state index is 11.6. The minimum absolute atomic E-state index is 0.0988. The first-order chi connectivity index (χ1) is 7.49. The molecule has 16 heavy (non-hydrogen) atoms. The van der Waals surface area contributed by atoms with Gasteiger partial charge in [-0.05, 0) is 46.7 Å². The van der Waals surface area contributed by atoms with Crippen molar-refractivity contribution in [2.75, 3.05) is 5.32 Å². The molecule has 0 fully saturated rings. The first kappa shape index (κ1) is 13.4. The van der Waals surface area contributed by atoms with Gasteiger partial charge in [0, 0.05) is 9.26 Å². The van der Waals surface area contributed by atoms with E-state index in [2.05, 4.69) is 27.9 Å². The molecule has 1 unspecified atom stereocenters. The Morgan fingerprint density at radius 3 is 2.75 bits per heavy atom. The van der Waals surface area contributed by atoms with E-state index >= 15 is 0 Å². The molecule has 0 aliphatic rings. The van der Waals surface area contributed by atoms with Crippen LogP contribution < -0.4 is 5.32 Å². The number of halogens is 1. The summed E-state index contributed by atoms with van der Waals surface area (Å²) < 4.78 is 1.07. The van der Waals surface area contributed by atoms with Crippen LogP contribution in [-0.4, -0.2) is 17.1 Å². The molecule has 1 rings (SSSR count). The van der Waals surface area contributed by atoms with Crippen LogP contribution in [0.3, 0.4) is 0 Å². The third kappa shape index (κ3) is 4.49. The van der Waals surface area contributed by atoms with Gasteiger partial charge in [-0.2, -0.15) is 0 Å². The van der Waals surface area contributed by atoms with Gasteiger partial charge in [-0.1, -0.05) is 19.9 Å². The summed E-state index contributed by atoms with van der Waals surface area (Å²) in [6.45, 7) is 3.78. The van der Waals surface area contributed by atoms with Gasteiger partial charge in [0.05, 0.1) is 12.5 Å². The van der Waals surface area contributed by atoms with Crippen LogP contribution in [0.1, 0.15) is 20.3 Å². The second-order valence-electron chi connectivity index (χ2n) is 4.07. The van der Waals surface area contributed by atoms with Crippen molar-refractivity contribution in [3.8, 4) is 0 Å². The lowest BCUT2D eigenvalue weighted by molar-refractivity contribution is -0.118. The maximum Gasteiger partial charge on any atom is 0.226 e. The standard InChI is InChI=1S/C12H16INO2/c1-8(2)11(15)7-12(16)14-10-5-3-4-9(13)6-10/h3-6,8,11,15H,7H2,1-2H3,(H,14,16). The molecular formula is C12H16INO2. The average molecular weight is 333 g/mol. The highest BCUT2D eigenvalue weighted by atomic mass is 127. The number of rotatable bonds is 4. The van der Waals surface area contributed by atoms with Crippen LogP contribution in [0.2, 0.25) is 0 Å². The van der Waals surface area contributed by atoms with Gasteiger partial charge in [0.1, 0.15) is 0 Å². The topological polar surface area (TPSA) is 49.3 Å². The van der Waals surface area contributed by atoms with Crippen molar-refractivity contribution in [3.63, 3.8) is 0 Å². The zero-order valence-corrected chi connectivity index (χ0v) is 11.6. The molecular weight excluding hydrogens is 317 g/mol. The minimum Gasteiger partial charge on any atom is -0.392 e. The van der Waals surface area contributed by atoms with Crippen LogP contribution in [0.4, 0.5) is 5.69 Å². The SMILES string of the molecule is CC(C)C(O)CC(=O)Nc1cccc(I)c1. The van der Waals surface area contributed by atoms with Crippen molar-refractivity contribution in [2.45, 2.75) is 26.4 Å². The lowest BCUT2D eigenvalue weighted by Gasteiger charge is -2.14. The molecule has 0 saturated carbocycles. The first-order valence-electron chi connectivity index (χ1n) is 5.22. The third-order valence-electron chi connectivity index (χ3n) is 2.27. The van der Waals surface area contributed by atoms with Gasteiger partial charge in [-0.25, -0.2) is 0 Å². The number of aliphatic hydroxyl groups excluding tert-OH is 1. The molecule has 0 aliphatic heterocycles. The zero-order chi connectivity index (χ0) is 12.1. The Bertz CT molecular complexity index is 366. The van der Waals surface area contributed by atoms with Crippen LogP contribution in [0, 0.1) is 9.49 Å². The molecule has 1 amide bonds. The Labute approximate surface area is 109 Å². The quantitative estimate of drug-likeness (QED) is 0.833. The zero-order valence-electron chi connectivity index (χ0n) is 9.40. The number of carbonyl (C=O) groups is 1. The molecule has 0 heterocycles. The van der Waals surface area contributed by atoms with Crippen molar-refractivity contribution in [1.82, 2.24) is 0 Å². The normalized spacial score (nSPS) is 12.6. The minimum atomic E-state index is -0.581. The highest BCUT2D eigenvalue weighted by Crippen LogP contribution is 2.13. The molecule has 1 aromatic carbocycles. The summed E-state index contributed by atoms with van der Waals surface area (Å²) in [5.74, 6) is -0.0511. The van der Waals surface area contributed by atoms with E-state index in [1.54, 1.807) is 0 Å². The number of hydrogen-bond acceptors (Lipinski definition) is 2. The Morgan fingerprint density at radius 1 is 1.50 bits per heavy atom. The number of anilines is 1. The van der Waals surface area contributed by atoms with Gasteiger partial charge in [0.2, 0.25) is 5.91 Å². The van der Waals surface area contributed by atoms with E-state index in [0.29, 0.717) is 0 Å². The molecule has 1 aromatic rings. The van der Waals surface area contributed by atoms with Crippen LogP contribution in [0.25, 0.3) is 0 Å². The fraction of sp³-hybridized carbons (Fsp3) is 0.417. The Hall–Kier alpha value is -0.620. The highest BCUT2D eigenvalue weighted by molar-refractivity contribution is 14.1. The largest absolute Gasteiger partial charge is 0.392 e. The molecule has 4 heteroatoms. The number of aliphatic hydroxyl groups is 1. The highest BCUT2D eigenvalue weighted by Gasteiger charge is 2.14. The lowest BCUT2D eigenvalue weighted by Crippen LogP contribution is -2.23. The van der Waals surface area contributed by atoms with E-state index in [1.165, 1.54) is 0 Å². The second-order valence-corrected chi connectivity index (χ2v) is 5.32. The number of carbonyl (C=O) groups excluding carboxylic acids is 1. The van der Waals surface area contributed by atoms with Gasteiger partial charge >= 0.3 is 0 Å². The number of benzene rings is 1. The Balaban J connectivity index is 2.52. The van der Waals surface area contributed by atoms with E-state index in [0.717, 1.165) is 9.26 Å². The molecule has 0 aromatic heterocycles. The van der Waals surface area contributed by atoms with E-state index in [9.17, 15) is 9.90 Å². The molecule has 0 spiro atoms. The number of hydrogen-bond donors (Lipinski definition) is 2. The van der Waals surface area contributed by atoms with Crippen LogP contribution in [0.15, 0.2) is 24.3 Å².